The van der Waals surface area contributed by atoms with Gasteiger partial charge in [-0.15, -0.1) is 6.58 Å². The molecule has 0 saturated carbocycles. The van der Waals surface area contributed by atoms with Crippen molar-refractivity contribution in [2.24, 2.45) is 0 Å². The number of aromatic nitrogens is 1. The van der Waals surface area contributed by atoms with Crippen LogP contribution < -0.4 is 4.74 Å². The van der Waals surface area contributed by atoms with Gasteiger partial charge in [0.2, 0.25) is 5.88 Å². The monoisotopic (exact) mass is 227 g/mol. The standard InChI is InChI=1S/C9H10BrNO/c1-2-3-7-12-9-8(10)5-4-6-11-9/h2,4-6H,1,3,7H2. The van der Waals surface area contributed by atoms with Crippen molar-refractivity contribution in [2.45, 2.75) is 6.42 Å². The van der Waals surface area contributed by atoms with Crippen molar-refractivity contribution in [3.8, 4) is 5.88 Å². The van der Waals surface area contributed by atoms with Gasteiger partial charge in [-0.2, -0.15) is 0 Å². The minimum absolute atomic E-state index is 0.624. The van der Waals surface area contributed by atoms with E-state index in [1.807, 2.05) is 18.2 Å². The SMILES string of the molecule is C=CCCOc1ncccc1Br. The van der Waals surface area contributed by atoms with Crippen molar-refractivity contribution >= 4 is 15.9 Å². The fourth-order valence-electron chi connectivity index (χ4n) is 0.716. The summed E-state index contributed by atoms with van der Waals surface area (Å²) in [5.41, 5.74) is 0. The van der Waals surface area contributed by atoms with Gasteiger partial charge in [-0.3, -0.25) is 0 Å². The summed E-state index contributed by atoms with van der Waals surface area (Å²) in [6.45, 7) is 4.23. The Labute approximate surface area is 80.4 Å². The van der Waals surface area contributed by atoms with Gasteiger partial charge in [0.25, 0.3) is 0 Å². The molecule has 64 valence electrons. The van der Waals surface area contributed by atoms with Crippen LogP contribution in [0.15, 0.2) is 35.5 Å². The zero-order chi connectivity index (χ0) is 8.81. The van der Waals surface area contributed by atoms with E-state index in [4.69, 9.17) is 4.74 Å². The zero-order valence-electron chi connectivity index (χ0n) is 6.66. The van der Waals surface area contributed by atoms with Crippen LogP contribution in [0.2, 0.25) is 0 Å². The molecule has 3 heteroatoms. The summed E-state index contributed by atoms with van der Waals surface area (Å²) >= 11 is 3.34. The van der Waals surface area contributed by atoms with Gasteiger partial charge in [-0.25, -0.2) is 4.98 Å². The van der Waals surface area contributed by atoms with Crippen molar-refractivity contribution in [1.29, 1.82) is 0 Å². The average Bonchev–Trinajstić information content (AvgIpc) is 2.09. The highest BCUT2D eigenvalue weighted by atomic mass is 79.9. The molecule has 0 amide bonds. The van der Waals surface area contributed by atoms with Crippen LogP contribution in [-0.2, 0) is 0 Å². The Morgan fingerprint density at radius 1 is 1.67 bits per heavy atom. The summed E-state index contributed by atoms with van der Waals surface area (Å²) in [5, 5.41) is 0. The van der Waals surface area contributed by atoms with Crippen LogP contribution in [0.3, 0.4) is 0 Å². The zero-order valence-corrected chi connectivity index (χ0v) is 8.25. The number of hydrogen-bond acceptors (Lipinski definition) is 2. The van der Waals surface area contributed by atoms with Crippen molar-refractivity contribution in [1.82, 2.24) is 4.98 Å². The van der Waals surface area contributed by atoms with Crippen LogP contribution in [-0.4, -0.2) is 11.6 Å². The maximum Gasteiger partial charge on any atom is 0.227 e. The molecule has 12 heavy (non-hydrogen) atoms. The third-order valence-corrected chi connectivity index (χ3v) is 1.89. The molecule has 1 aromatic heterocycles. The second-order valence-electron chi connectivity index (χ2n) is 2.22. The molecule has 0 aliphatic heterocycles. The van der Waals surface area contributed by atoms with Crippen LogP contribution in [0, 0.1) is 0 Å². The molecule has 2 nitrogen and oxygen atoms in total. The van der Waals surface area contributed by atoms with Gasteiger partial charge in [0.05, 0.1) is 11.1 Å². The van der Waals surface area contributed by atoms with Gasteiger partial charge >= 0.3 is 0 Å². The first-order valence-electron chi connectivity index (χ1n) is 3.69. The molecular formula is C9H10BrNO. The Morgan fingerprint density at radius 3 is 3.17 bits per heavy atom. The van der Waals surface area contributed by atoms with E-state index < -0.39 is 0 Å². The maximum atomic E-state index is 5.35. The van der Waals surface area contributed by atoms with Gasteiger partial charge in [0.15, 0.2) is 0 Å². The number of nitrogens with zero attached hydrogens (tertiary/aromatic N) is 1. The number of hydrogen-bond donors (Lipinski definition) is 0. The van der Waals surface area contributed by atoms with E-state index in [9.17, 15) is 0 Å². The Kier molecular flexibility index (Phi) is 3.80. The van der Waals surface area contributed by atoms with E-state index in [0.29, 0.717) is 12.5 Å². The summed E-state index contributed by atoms with van der Waals surface area (Å²) in [5.74, 6) is 0.638. The molecule has 0 aliphatic rings. The van der Waals surface area contributed by atoms with Gasteiger partial charge in [0, 0.05) is 6.20 Å². The summed E-state index contributed by atoms with van der Waals surface area (Å²) in [4.78, 5) is 4.05. The minimum atomic E-state index is 0.624. The molecule has 1 heterocycles. The molecule has 0 unspecified atom stereocenters. The van der Waals surface area contributed by atoms with E-state index in [1.54, 1.807) is 6.20 Å². The molecule has 0 saturated heterocycles. The predicted octanol–water partition coefficient (Wildman–Crippen LogP) is 2.80. The van der Waals surface area contributed by atoms with E-state index in [1.165, 1.54) is 0 Å². The first-order chi connectivity index (χ1) is 5.84. The van der Waals surface area contributed by atoms with E-state index in [-0.39, 0.29) is 0 Å². The number of rotatable bonds is 4. The van der Waals surface area contributed by atoms with Crippen molar-refractivity contribution in [3.05, 3.63) is 35.5 Å². The molecule has 0 spiro atoms. The molecule has 0 bridgehead atoms. The largest absolute Gasteiger partial charge is 0.477 e. The predicted molar refractivity (Wildman–Crippen MR) is 52.2 cm³/mol. The Morgan fingerprint density at radius 2 is 2.50 bits per heavy atom. The van der Waals surface area contributed by atoms with Crippen LogP contribution in [0.5, 0.6) is 5.88 Å². The second kappa shape index (κ2) is 4.93. The number of halogens is 1. The highest BCUT2D eigenvalue weighted by Gasteiger charge is 1.98. The molecule has 1 aromatic rings. The topological polar surface area (TPSA) is 22.1 Å². The molecule has 0 aliphatic carbocycles. The summed E-state index contributed by atoms with van der Waals surface area (Å²) < 4.78 is 6.23. The fourth-order valence-corrected chi connectivity index (χ4v) is 1.09. The van der Waals surface area contributed by atoms with Crippen molar-refractivity contribution < 1.29 is 4.74 Å². The van der Waals surface area contributed by atoms with Crippen LogP contribution in [0.25, 0.3) is 0 Å². The third-order valence-electron chi connectivity index (χ3n) is 1.29. The van der Waals surface area contributed by atoms with Crippen LogP contribution in [0.1, 0.15) is 6.42 Å². The maximum absolute atomic E-state index is 5.35. The lowest BCUT2D eigenvalue weighted by Crippen LogP contribution is -1.97. The first kappa shape index (κ1) is 9.26. The molecule has 0 fully saturated rings. The minimum Gasteiger partial charge on any atom is -0.477 e. The third kappa shape index (κ3) is 2.66. The molecule has 0 atom stereocenters. The highest BCUT2D eigenvalue weighted by Crippen LogP contribution is 2.20. The average molecular weight is 228 g/mol. The fraction of sp³-hybridized carbons (Fsp3) is 0.222. The van der Waals surface area contributed by atoms with E-state index in [0.717, 1.165) is 10.9 Å². The van der Waals surface area contributed by atoms with Crippen LogP contribution in [0.4, 0.5) is 0 Å². The highest BCUT2D eigenvalue weighted by molar-refractivity contribution is 9.10. The lowest BCUT2D eigenvalue weighted by Gasteiger charge is -2.03. The molecule has 1 rings (SSSR count). The number of ether oxygens (including phenoxy) is 1. The lowest BCUT2D eigenvalue weighted by atomic mass is 10.4. The van der Waals surface area contributed by atoms with Gasteiger partial charge in [0.1, 0.15) is 0 Å². The summed E-state index contributed by atoms with van der Waals surface area (Å²) in [6.07, 6.45) is 4.36. The number of pyridine rings is 1. The Bertz CT molecular complexity index is 262. The normalized spacial score (nSPS) is 9.42. The first-order valence-corrected chi connectivity index (χ1v) is 4.48. The van der Waals surface area contributed by atoms with Gasteiger partial charge < -0.3 is 4.74 Å². The molecule has 0 aromatic carbocycles. The van der Waals surface area contributed by atoms with Gasteiger partial charge in [-0.1, -0.05) is 6.08 Å². The Hall–Kier alpha value is -0.830. The van der Waals surface area contributed by atoms with Crippen LogP contribution >= 0.6 is 15.9 Å². The quantitative estimate of drug-likeness (QED) is 0.583. The summed E-state index contributed by atoms with van der Waals surface area (Å²) in [7, 11) is 0. The lowest BCUT2D eigenvalue weighted by molar-refractivity contribution is 0.310. The molecular weight excluding hydrogens is 218 g/mol. The second-order valence-corrected chi connectivity index (χ2v) is 3.07. The molecule has 0 radical (unpaired) electrons. The summed E-state index contributed by atoms with van der Waals surface area (Å²) in [6, 6.07) is 3.75. The Balaban J connectivity index is 2.51. The van der Waals surface area contributed by atoms with Gasteiger partial charge in [-0.05, 0) is 34.5 Å². The smallest absolute Gasteiger partial charge is 0.227 e. The molecule has 0 N–H and O–H groups in total. The van der Waals surface area contributed by atoms with Crippen molar-refractivity contribution in [3.63, 3.8) is 0 Å². The van der Waals surface area contributed by atoms with E-state index >= 15 is 0 Å². The van der Waals surface area contributed by atoms with E-state index in [2.05, 4.69) is 27.5 Å². The van der Waals surface area contributed by atoms with Crippen molar-refractivity contribution in [2.75, 3.05) is 6.61 Å².